The summed E-state index contributed by atoms with van der Waals surface area (Å²) in [6, 6.07) is 3.87. The van der Waals surface area contributed by atoms with Crippen LogP contribution in [0.4, 0.5) is 10.6 Å². The van der Waals surface area contributed by atoms with Crippen LogP contribution in [0, 0.1) is 5.92 Å². The van der Waals surface area contributed by atoms with Crippen molar-refractivity contribution in [1.82, 2.24) is 15.2 Å². The Morgan fingerprint density at radius 3 is 2.76 bits per heavy atom. The number of aromatic nitrogens is 1. The lowest BCUT2D eigenvalue weighted by molar-refractivity contribution is 0.113. The largest absolute Gasteiger partial charge is 0.391 e. The Labute approximate surface area is 150 Å². The summed E-state index contributed by atoms with van der Waals surface area (Å²) in [4.78, 5) is 20.6. The lowest BCUT2D eigenvalue weighted by Crippen LogP contribution is -2.41. The van der Waals surface area contributed by atoms with E-state index in [0.717, 1.165) is 37.3 Å². The van der Waals surface area contributed by atoms with E-state index in [1.165, 1.54) is 25.7 Å². The highest BCUT2D eigenvalue weighted by Gasteiger charge is 2.31. The maximum atomic E-state index is 12.2. The van der Waals surface area contributed by atoms with Gasteiger partial charge in [-0.25, -0.2) is 9.78 Å². The summed E-state index contributed by atoms with van der Waals surface area (Å²) in [5.41, 5.74) is 1.05. The molecule has 138 valence electrons. The Morgan fingerprint density at radius 2 is 2.08 bits per heavy atom. The van der Waals surface area contributed by atoms with Gasteiger partial charge in [-0.15, -0.1) is 0 Å². The molecular weight excluding hydrogens is 316 g/mol. The molecule has 0 radical (unpaired) electrons. The number of likely N-dealkylation sites (N-methyl/N-ethyl adjacent to an activating group) is 1. The first-order chi connectivity index (χ1) is 12.1. The normalized spacial score (nSPS) is 19.2. The summed E-state index contributed by atoms with van der Waals surface area (Å²) in [6.45, 7) is 2.99. The second-order valence-electron chi connectivity index (χ2n) is 7.37. The minimum atomic E-state index is -0.397. The number of pyridine rings is 1. The molecule has 1 aromatic heterocycles. The Bertz CT molecular complexity index is 568. The van der Waals surface area contributed by atoms with Crippen LogP contribution in [0.15, 0.2) is 18.3 Å². The van der Waals surface area contributed by atoms with Crippen LogP contribution in [-0.2, 0) is 6.54 Å². The minimum Gasteiger partial charge on any atom is -0.391 e. The summed E-state index contributed by atoms with van der Waals surface area (Å²) < 4.78 is 0. The Balaban J connectivity index is 1.50. The van der Waals surface area contributed by atoms with E-state index in [-0.39, 0.29) is 6.03 Å². The topological polar surface area (TPSA) is 68.7 Å². The SMILES string of the molecule is CN(C[C@@H](O)C1CC1)C(=O)NCc1ccnc(N2CCCCCC2)c1. The van der Waals surface area contributed by atoms with Gasteiger partial charge in [0.1, 0.15) is 5.82 Å². The van der Waals surface area contributed by atoms with Crippen LogP contribution in [0.1, 0.15) is 44.1 Å². The molecule has 1 aromatic rings. The number of rotatable bonds is 6. The number of carbonyl (C=O) groups is 1. The molecule has 3 rings (SSSR count). The molecule has 2 N–H and O–H groups in total. The van der Waals surface area contributed by atoms with Gasteiger partial charge in [-0.1, -0.05) is 12.8 Å². The lowest BCUT2D eigenvalue weighted by atomic mass is 10.2. The Hall–Kier alpha value is -1.82. The molecule has 0 aromatic carbocycles. The molecule has 1 atom stereocenters. The van der Waals surface area contributed by atoms with E-state index in [2.05, 4.69) is 21.3 Å². The average Bonchev–Trinajstić information content (AvgIpc) is 3.46. The highest BCUT2D eigenvalue weighted by molar-refractivity contribution is 5.73. The van der Waals surface area contributed by atoms with Crippen LogP contribution in [0.3, 0.4) is 0 Å². The van der Waals surface area contributed by atoms with Gasteiger partial charge in [0, 0.05) is 39.4 Å². The number of hydrogen-bond acceptors (Lipinski definition) is 4. The Morgan fingerprint density at radius 1 is 1.36 bits per heavy atom. The molecule has 0 spiro atoms. The fourth-order valence-corrected chi connectivity index (χ4v) is 3.35. The molecular formula is C19H30N4O2. The van der Waals surface area contributed by atoms with Crippen LogP contribution in [0.2, 0.25) is 0 Å². The molecule has 1 aliphatic heterocycles. The molecule has 25 heavy (non-hydrogen) atoms. The second-order valence-corrected chi connectivity index (χ2v) is 7.37. The summed E-state index contributed by atoms with van der Waals surface area (Å²) in [5, 5.41) is 12.9. The standard InChI is InChI=1S/C19H30N4O2/c1-22(14-17(24)16-6-7-16)19(25)21-13-15-8-9-20-18(12-15)23-10-4-2-3-5-11-23/h8-9,12,16-17,24H,2-7,10-11,13-14H2,1H3,(H,21,25)/t17-/m1/s1. The van der Waals surface area contributed by atoms with Gasteiger partial charge in [-0.2, -0.15) is 0 Å². The number of anilines is 1. The maximum absolute atomic E-state index is 12.2. The van der Waals surface area contributed by atoms with Crippen molar-refractivity contribution < 1.29 is 9.90 Å². The summed E-state index contributed by atoms with van der Waals surface area (Å²) >= 11 is 0. The van der Waals surface area contributed by atoms with Gasteiger partial charge < -0.3 is 20.2 Å². The third-order valence-electron chi connectivity index (χ3n) is 5.16. The number of urea groups is 1. The number of amides is 2. The van der Waals surface area contributed by atoms with Crippen molar-refractivity contribution >= 4 is 11.8 Å². The van der Waals surface area contributed by atoms with E-state index in [1.54, 1.807) is 11.9 Å². The van der Waals surface area contributed by atoms with E-state index in [0.29, 0.717) is 19.0 Å². The zero-order valence-electron chi connectivity index (χ0n) is 15.2. The molecule has 2 heterocycles. The lowest BCUT2D eigenvalue weighted by Gasteiger charge is -2.23. The summed E-state index contributed by atoms with van der Waals surface area (Å²) in [6.07, 6.45) is 8.61. The van der Waals surface area contributed by atoms with Crippen molar-refractivity contribution in [3.63, 3.8) is 0 Å². The van der Waals surface area contributed by atoms with Crippen LogP contribution in [0.5, 0.6) is 0 Å². The van der Waals surface area contributed by atoms with E-state index in [9.17, 15) is 9.90 Å². The van der Waals surface area contributed by atoms with Crippen molar-refractivity contribution in [2.45, 2.75) is 51.2 Å². The average molecular weight is 346 g/mol. The van der Waals surface area contributed by atoms with Gasteiger partial charge >= 0.3 is 6.03 Å². The zero-order chi connectivity index (χ0) is 17.6. The molecule has 2 aliphatic rings. The van der Waals surface area contributed by atoms with E-state index >= 15 is 0 Å². The summed E-state index contributed by atoms with van der Waals surface area (Å²) in [7, 11) is 1.73. The first-order valence-electron chi connectivity index (χ1n) is 9.50. The molecule has 1 saturated heterocycles. The van der Waals surface area contributed by atoms with Gasteiger partial charge in [-0.05, 0) is 49.3 Å². The second kappa shape index (κ2) is 8.52. The molecule has 6 heteroatoms. The third kappa shape index (κ3) is 5.33. The highest BCUT2D eigenvalue weighted by atomic mass is 16.3. The zero-order valence-corrected chi connectivity index (χ0v) is 15.2. The van der Waals surface area contributed by atoms with Crippen molar-refractivity contribution in [3.8, 4) is 0 Å². The van der Waals surface area contributed by atoms with Crippen molar-refractivity contribution in [3.05, 3.63) is 23.9 Å². The van der Waals surface area contributed by atoms with Crippen LogP contribution >= 0.6 is 0 Å². The van der Waals surface area contributed by atoms with E-state index < -0.39 is 6.10 Å². The molecule has 1 saturated carbocycles. The fourth-order valence-electron chi connectivity index (χ4n) is 3.35. The monoisotopic (exact) mass is 346 g/mol. The number of aliphatic hydroxyl groups is 1. The number of hydrogen-bond donors (Lipinski definition) is 2. The maximum Gasteiger partial charge on any atom is 0.317 e. The first kappa shape index (κ1) is 18.0. The smallest absolute Gasteiger partial charge is 0.317 e. The van der Waals surface area contributed by atoms with Crippen LogP contribution < -0.4 is 10.2 Å². The third-order valence-corrected chi connectivity index (χ3v) is 5.16. The fraction of sp³-hybridized carbons (Fsp3) is 0.684. The molecule has 1 aliphatic carbocycles. The molecule has 0 unspecified atom stereocenters. The van der Waals surface area contributed by atoms with Crippen molar-refractivity contribution in [2.75, 3.05) is 31.6 Å². The van der Waals surface area contributed by atoms with Crippen molar-refractivity contribution in [1.29, 1.82) is 0 Å². The van der Waals surface area contributed by atoms with Gasteiger partial charge in [0.25, 0.3) is 0 Å². The predicted molar refractivity (Wildman–Crippen MR) is 98.5 cm³/mol. The van der Waals surface area contributed by atoms with Crippen LogP contribution in [0.25, 0.3) is 0 Å². The minimum absolute atomic E-state index is 0.146. The number of nitrogens with zero attached hydrogens (tertiary/aromatic N) is 3. The predicted octanol–water partition coefficient (Wildman–Crippen LogP) is 2.37. The Kier molecular flexibility index (Phi) is 6.13. The molecule has 2 amide bonds. The first-order valence-corrected chi connectivity index (χ1v) is 9.50. The van der Waals surface area contributed by atoms with Crippen LogP contribution in [-0.4, -0.2) is 53.8 Å². The molecule has 2 fully saturated rings. The van der Waals surface area contributed by atoms with Gasteiger partial charge in [0.15, 0.2) is 0 Å². The van der Waals surface area contributed by atoms with E-state index in [4.69, 9.17) is 0 Å². The van der Waals surface area contributed by atoms with E-state index in [1.807, 2.05) is 12.3 Å². The van der Waals surface area contributed by atoms with Crippen molar-refractivity contribution in [2.24, 2.45) is 5.92 Å². The van der Waals surface area contributed by atoms with Gasteiger partial charge in [0.05, 0.1) is 6.10 Å². The number of carbonyl (C=O) groups excluding carboxylic acids is 1. The van der Waals surface area contributed by atoms with Gasteiger partial charge in [0.2, 0.25) is 0 Å². The summed E-state index contributed by atoms with van der Waals surface area (Å²) in [5.74, 6) is 1.39. The van der Waals surface area contributed by atoms with Gasteiger partial charge in [-0.3, -0.25) is 0 Å². The number of nitrogens with one attached hydrogen (secondary N) is 1. The molecule has 6 nitrogen and oxygen atoms in total. The molecule has 0 bridgehead atoms. The highest BCUT2D eigenvalue weighted by Crippen LogP contribution is 2.32. The number of aliphatic hydroxyl groups excluding tert-OH is 1. The quantitative estimate of drug-likeness (QED) is 0.830.